The van der Waals surface area contributed by atoms with Crippen molar-refractivity contribution in [1.29, 1.82) is 0 Å². The second kappa shape index (κ2) is 8.87. The second-order valence-corrected chi connectivity index (χ2v) is 7.27. The number of rotatable bonds is 6. The van der Waals surface area contributed by atoms with Crippen molar-refractivity contribution in [3.63, 3.8) is 0 Å². The Balaban J connectivity index is 1.57. The number of anilines is 4. The Labute approximate surface area is 171 Å². The summed E-state index contributed by atoms with van der Waals surface area (Å²) in [7, 11) is 0. The molecule has 7 nitrogen and oxygen atoms in total. The summed E-state index contributed by atoms with van der Waals surface area (Å²) in [5.41, 5.74) is 4.04. The summed E-state index contributed by atoms with van der Waals surface area (Å²) in [6, 6.07) is 14.5. The molecule has 7 heteroatoms. The topological polar surface area (TPSA) is 75.2 Å². The SMILES string of the molecule is CC(C)Nc1nc(Nc2ccc(N3CCOCC3)cc2)cc(-c2ccncc2)n1. The largest absolute Gasteiger partial charge is 0.378 e. The van der Waals surface area contributed by atoms with Gasteiger partial charge in [0.15, 0.2) is 0 Å². The molecule has 0 spiro atoms. The molecule has 2 aromatic heterocycles. The van der Waals surface area contributed by atoms with Gasteiger partial charge in [-0.25, -0.2) is 4.98 Å². The van der Waals surface area contributed by atoms with Gasteiger partial charge < -0.3 is 20.3 Å². The normalized spacial score (nSPS) is 14.1. The molecule has 4 rings (SSSR count). The van der Waals surface area contributed by atoms with Crippen LogP contribution in [0, 0.1) is 0 Å². The van der Waals surface area contributed by atoms with Gasteiger partial charge in [-0.2, -0.15) is 4.98 Å². The van der Waals surface area contributed by atoms with Crippen molar-refractivity contribution in [2.24, 2.45) is 0 Å². The third kappa shape index (κ3) is 5.00. The maximum absolute atomic E-state index is 5.43. The number of nitrogens with zero attached hydrogens (tertiary/aromatic N) is 4. The van der Waals surface area contributed by atoms with Crippen LogP contribution < -0.4 is 15.5 Å². The van der Waals surface area contributed by atoms with Gasteiger partial charge >= 0.3 is 0 Å². The summed E-state index contributed by atoms with van der Waals surface area (Å²) >= 11 is 0. The Morgan fingerprint density at radius 1 is 0.966 bits per heavy atom. The number of benzene rings is 1. The molecule has 0 amide bonds. The molecule has 29 heavy (non-hydrogen) atoms. The van der Waals surface area contributed by atoms with Crippen LogP contribution in [0.3, 0.4) is 0 Å². The van der Waals surface area contributed by atoms with E-state index in [0.29, 0.717) is 5.95 Å². The van der Waals surface area contributed by atoms with Crippen molar-refractivity contribution in [3.05, 3.63) is 54.9 Å². The molecule has 1 fully saturated rings. The van der Waals surface area contributed by atoms with Crippen molar-refractivity contribution >= 4 is 23.1 Å². The second-order valence-electron chi connectivity index (χ2n) is 7.27. The van der Waals surface area contributed by atoms with E-state index in [4.69, 9.17) is 4.74 Å². The summed E-state index contributed by atoms with van der Waals surface area (Å²) in [5, 5.41) is 6.70. The Morgan fingerprint density at radius 3 is 2.38 bits per heavy atom. The van der Waals surface area contributed by atoms with E-state index in [9.17, 15) is 0 Å². The molecule has 1 aliphatic rings. The first-order valence-electron chi connectivity index (χ1n) is 9.93. The fourth-order valence-corrected chi connectivity index (χ4v) is 3.23. The van der Waals surface area contributed by atoms with E-state index in [1.165, 1.54) is 5.69 Å². The molecule has 0 saturated carbocycles. The van der Waals surface area contributed by atoms with Crippen molar-refractivity contribution < 1.29 is 4.74 Å². The number of ether oxygens (including phenoxy) is 1. The molecule has 1 aromatic carbocycles. The Hall–Kier alpha value is -3.19. The van der Waals surface area contributed by atoms with Crippen LogP contribution in [0.4, 0.5) is 23.1 Å². The van der Waals surface area contributed by atoms with Gasteiger partial charge in [0.1, 0.15) is 5.82 Å². The van der Waals surface area contributed by atoms with Crippen molar-refractivity contribution in [3.8, 4) is 11.3 Å². The predicted molar refractivity (Wildman–Crippen MR) is 117 cm³/mol. The van der Waals surface area contributed by atoms with E-state index < -0.39 is 0 Å². The van der Waals surface area contributed by atoms with E-state index in [1.807, 2.05) is 18.2 Å². The number of nitrogens with one attached hydrogen (secondary N) is 2. The Kier molecular flexibility index (Phi) is 5.86. The number of hydrogen-bond acceptors (Lipinski definition) is 7. The molecule has 1 aliphatic heterocycles. The minimum Gasteiger partial charge on any atom is -0.378 e. The van der Waals surface area contributed by atoms with Gasteiger partial charge in [0.25, 0.3) is 0 Å². The van der Waals surface area contributed by atoms with E-state index in [1.54, 1.807) is 12.4 Å². The van der Waals surface area contributed by atoms with Gasteiger partial charge in [0, 0.05) is 54.5 Å². The number of aromatic nitrogens is 3. The van der Waals surface area contributed by atoms with Gasteiger partial charge in [-0.3, -0.25) is 4.98 Å². The third-order valence-electron chi connectivity index (χ3n) is 4.64. The van der Waals surface area contributed by atoms with Crippen molar-refractivity contribution in [1.82, 2.24) is 15.0 Å². The lowest BCUT2D eigenvalue weighted by Crippen LogP contribution is -2.36. The van der Waals surface area contributed by atoms with Gasteiger partial charge in [-0.05, 0) is 50.2 Å². The lowest BCUT2D eigenvalue weighted by atomic mass is 10.2. The highest BCUT2D eigenvalue weighted by molar-refractivity contribution is 5.68. The van der Waals surface area contributed by atoms with Crippen LogP contribution >= 0.6 is 0 Å². The van der Waals surface area contributed by atoms with Crippen LogP contribution in [0.1, 0.15) is 13.8 Å². The Bertz CT molecular complexity index is 924. The average Bonchev–Trinajstić information content (AvgIpc) is 2.75. The molecule has 0 aliphatic carbocycles. The minimum atomic E-state index is 0.239. The molecule has 3 heterocycles. The number of pyridine rings is 1. The molecular formula is C22H26N6O. The van der Waals surface area contributed by atoms with Gasteiger partial charge in [-0.1, -0.05) is 0 Å². The van der Waals surface area contributed by atoms with E-state index in [-0.39, 0.29) is 6.04 Å². The summed E-state index contributed by atoms with van der Waals surface area (Å²) in [6.07, 6.45) is 3.54. The first-order valence-corrected chi connectivity index (χ1v) is 9.93. The maximum Gasteiger partial charge on any atom is 0.225 e. The molecule has 0 atom stereocenters. The van der Waals surface area contributed by atoms with Crippen LogP contribution in [0.15, 0.2) is 54.9 Å². The van der Waals surface area contributed by atoms with Gasteiger partial charge in [0.2, 0.25) is 5.95 Å². The monoisotopic (exact) mass is 390 g/mol. The fraction of sp³-hybridized carbons (Fsp3) is 0.318. The van der Waals surface area contributed by atoms with Crippen LogP contribution in [0.25, 0.3) is 11.3 Å². The summed E-state index contributed by atoms with van der Waals surface area (Å²) in [6.45, 7) is 7.56. The zero-order valence-electron chi connectivity index (χ0n) is 16.8. The third-order valence-corrected chi connectivity index (χ3v) is 4.64. The summed E-state index contributed by atoms with van der Waals surface area (Å²) < 4.78 is 5.43. The van der Waals surface area contributed by atoms with Crippen molar-refractivity contribution in [2.45, 2.75) is 19.9 Å². The molecule has 0 bridgehead atoms. The molecule has 150 valence electrons. The van der Waals surface area contributed by atoms with Crippen LogP contribution in [-0.4, -0.2) is 47.3 Å². The first kappa shape index (κ1) is 19.1. The van der Waals surface area contributed by atoms with Gasteiger partial charge in [0.05, 0.1) is 18.9 Å². The zero-order valence-corrected chi connectivity index (χ0v) is 16.8. The zero-order chi connectivity index (χ0) is 20.1. The van der Waals surface area contributed by atoms with Gasteiger partial charge in [-0.15, -0.1) is 0 Å². The molecular weight excluding hydrogens is 364 g/mol. The smallest absolute Gasteiger partial charge is 0.225 e. The quantitative estimate of drug-likeness (QED) is 0.660. The fourth-order valence-electron chi connectivity index (χ4n) is 3.23. The van der Waals surface area contributed by atoms with Crippen LogP contribution in [0.2, 0.25) is 0 Å². The van der Waals surface area contributed by atoms with Crippen molar-refractivity contribution in [2.75, 3.05) is 41.8 Å². The molecule has 2 N–H and O–H groups in total. The highest BCUT2D eigenvalue weighted by Gasteiger charge is 2.12. The average molecular weight is 390 g/mol. The summed E-state index contributed by atoms with van der Waals surface area (Å²) in [4.78, 5) is 15.7. The highest BCUT2D eigenvalue weighted by Crippen LogP contribution is 2.25. The number of morpholine rings is 1. The standard InChI is InChI=1S/C22H26N6O/c1-16(2)24-22-26-20(17-7-9-23-10-8-17)15-21(27-22)25-18-3-5-19(6-4-18)28-11-13-29-14-12-28/h3-10,15-16H,11-14H2,1-2H3,(H2,24,25,26,27). The van der Waals surface area contributed by atoms with E-state index >= 15 is 0 Å². The van der Waals surface area contributed by atoms with E-state index in [2.05, 4.69) is 68.6 Å². The lowest BCUT2D eigenvalue weighted by molar-refractivity contribution is 0.122. The highest BCUT2D eigenvalue weighted by atomic mass is 16.5. The minimum absolute atomic E-state index is 0.239. The molecule has 3 aromatic rings. The lowest BCUT2D eigenvalue weighted by Gasteiger charge is -2.28. The maximum atomic E-state index is 5.43. The molecule has 0 radical (unpaired) electrons. The van der Waals surface area contributed by atoms with Crippen LogP contribution in [-0.2, 0) is 4.74 Å². The van der Waals surface area contributed by atoms with Crippen LogP contribution in [0.5, 0.6) is 0 Å². The first-order chi connectivity index (χ1) is 14.2. The number of hydrogen-bond donors (Lipinski definition) is 2. The Morgan fingerprint density at radius 2 is 1.69 bits per heavy atom. The molecule has 1 saturated heterocycles. The van der Waals surface area contributed by atoms with E-state index in [0.717, 1.165) is 49.1 Å². The predicted octanol–water partition coefficient (Wildman–Crippen LogP) is 3.94. The molecule has 0 unspecified atom stereocenters. The summed E-state index contributed by atoms with van der Waals surface area (Å²) in [5.74, 6) is 1.34.